The van der Waals surface area contributed by atoms with E-state index in [-0.39, 0.29) is 0 Å². The van der Waals surface area contributed by atoms with Gasteiger partial charge < -0.3 is 9.84 Å². The summed E-state index contributed by atoms with van der Waals surface area (Å²) in [5.74, 6) is 0.485. The third-order valence-electron chi connectivity index (χ3n) is 1.54. The summed E-state index contributed by atoms with van der Waals surface area (Å²) in [5.41, 5.74) is -0.906. The van der Waals surface area contributed by atoms with E-state index in [1.54, 1.807) is 0 Å². The molecule has 5 heteroatoms. The van der Waals surface area contributed by atoms with Crippen LogP contribution in [0.5, 0.6) is 0 Å². The molecule has 54 valence electrons. The molecule has 2 rings (SSSR count). The predicted octanol–water partition coefficient (Wildman–Crippen LogP) is -0.978. The zero-order valence-electron chi connectivity index (χ0n) is 5.24. The van der Waals surface area contributed by atoms with E-state index in [0.29, 0.717) is 19.0 Å². The highest BCUT2D eigenvalue weighted by Gasteiger charge is 2.40. The molecule has 1 fully saturated rings. The van der Waals surface area contributed by atoms with Crippen molar-refractivity contribution in [2.45, 2.75) is 5.60 Å². The molecule has 10 heavy (non-hydrogen) atoms. The molecule has 1 aliphatic rings. The van der Waals surface area contributed by atoms with Crippen LogP contribution in [-0.4, -0.2) is 33.5 Å². The topological polar surface area (TPSA) is 71.0 Å². The summed E-state index contributed by atoms with van der Waals surface area (Å²) < 4.78 is 4.82. The zero-order chi connectivity index (χ0) is 7.03. The van der Waals surface area contributed by atoms with Crippen LogP contribution in [0.25, 0.3) is 0 Å². The van der Waals surface area contributed by atoms with Crippen LogP contribution in [0.1, 0.15) is 5.82 Å². The molecule has 1 aromatic rings. The number of hydrogen-bond donors (Lipinski definition) is 2. The third-order valence-corrected chi connectivity index (χ3v) is 1.54. The van der Waals surface area contributed by atoms with E-state index >= 15 is 0 Å². The Morgan fingerprint density at radius 2 is 2.50 bits per heavy atom. The van der Waals surface area contributed by atoms with Gasteiger partial charge in [0.05, 0.1) is 13.2 Å². The van der Waals surface area contributed by atoms with E-state index in [1.807, 2.05) is 0 Å². The second-order valence-electron chi connectivity index (χ2n) is 2.36. The van der Waals surface area contributed by atoms with Crippen molar-refractivity contribution in [3.05, 3.63) is 12.2 Å². The van der Waals surface area contributed by atoms with Crippen LogP contribution >= 0.6 is 0 Å². The van der Waals surface area contributed by atoms with Crippen molar-refractivity contribution in [3.8, 4) is 0 Å². The molecule has 0 unspecified atom stereocenters. The fourth-order valence-electron chi connectivity index (χ4n) is 0.862. The molecule has 0 aliphatic carbocycles. The van der Waals surface area contributed by atoms with Crippen molar-refractivity contribution < 1.29 is 9.84 Å². The van der Waals surface area contributed by atoms with Crippen LogP contribution in [-0.2, 0) is 10.3 Å². The van der Waals surface area contributed by atoms with Gasteiger partial charge in [0.2, 0.25) is 0 Å². The van der Waals surface area contributed by atoms with Crippen LogP contribution in [0, 0.1) is 0 Å². The molecular formula is C5H7N3O2. The fourth-order valence-corrected chi connectivity index (χ4v) is 0.862. The molecule has 1 saturated heterocycles. The molecule has 0 aromatic carbocycles. The number of aliphatic hydroxyl groups is 1. The molecule has 0 radical (unpaired) electrons. The number of aromatic nitrogens is 3. The molecule has 2 N–H and O–H groups in total. The lowest BCUT2D eigenvalue weighted by Crippen LogP contribution is -2.47. The van der Waals surface area contributed by atoms with E-state index < -0.39 is 5.60 Å². The Morgan fingerprint density at radius 3 is 2.90 bits per heavy atom. The van der Waals surface area contributed by atoms with Gasteiger partial charge >= 0.3 is 0 Å². The monoisotopic (exact) mass is 141 g/mol. The minimum absolute atomic E-state index is 0.308. The summed E-state index contributed by atoms with van der Waals surface area (Å²) in [7, 11) is 0. The van der Waals surface area contributed by atoms with Crippen molar-refractivity contribution >= 4 is 0 Å². The standard InChI is InChI=1S/C5H7N3O2/c9-5(1-10-2-5)4-6-3-7-8-4/h3,9H,1-2H2,(H,6,7,8). The van der Waals surface area contributed by atoms with Crippen molar-refractivity contribution in [1.82, 2.24) is 15.2 Å². The molecule has 0 amide bonds. The first-order chi connectivity index (χ1) is 4.81. The summed E-state index contributed by atoms with van der Waals surface area (Å²) in [6.45, 7) is 0.615. The molecule has 1 aromatic heterocycles. The summed E-state index contributed by atoms with van der Waals surface area (Å²) in [6, 6.07) is 0. The Kier molecular flexibility index (Phi) is 1.03. The first-order valence-electron chi connectivity index (χ1n) is 2.97. The maximum atomic E-state index is 9.51. The summed E-state index contributed by atoms with van der Waals surface area (Å²) >= 11 is 0. The molecule has 1 aliphatic heterocycles. The third kappa shape index (κ3) is 0.644. The van der Waals surface area contributed by atoms with Crippen molar-refractivity contribution in [1.29, 1.82) is 0 Å². The molecule has 0 spiro atoms. The molecule has 0 bridgehead atoms. The normalized spacial score (nSPS) is 22.1. The van der Waals surface area contributed by atoms with Gasteiger partial charge in [-0.3, -0.25) is 5.10 Å². The van der Waals surface area contributed by atoms with E-state index in [4.69, 9.17) is 4.74 Å². The predicted molar refractivity (Wildman–Crippen MR) is 31.1 cm³/mol. The molecule has 2 heterocycles. The Labute approximate surface area is 57.0 Å². The number of nitrogens with zero attached hydrogens (tertiary/aromatic N) is 2. The number of rotatable bonds is 1. The number of ether oxygens (including phenoxy) is 1. The fraction of sp³-hybridized carbons (Fsp3) is 0.600. The number of hydrogen-bond acceptors (Lipinski definition) is 4. The molecule has 0 atom stereocenters. The van der Waals surface area contributed by atoms with Gasteiger partial charge in [-0.25, -0.2) is 4.98 Å². The minimum atomic E-state index is -0.906. The van der Waals surface area contributed by atoms with Crippen molar-refractivity contribution in [2.24, 2.45) is 0 Å². The SMILES string of the molecule is OC1(c2ncn[nH]2)COC1. The maximum absolute atomic E-state index is 9.51. The highest BCUT2D eigenvalue weighted by molar-refractivity contribution is 5.02. The van der Waals surface area contributed by atoms with Crippen LogP contribution in [0.2, 0.25) is 0 Å². The largest absolute Gasteiger partial charge is 0.377 e. The number of aromatic amines is 1. The van der Waals surface area contributed by atoms with E-state index in [0.717, 1.165) is 0 Å². The van der Waals surface area contributed by atoms with Gasteiger partial charge in [-0.1, -0.05) is 0 Å². The molecule has 0 saturated carbocycles. The minimum Gasteiger partial charge on any atom is -0.377 e. The highest BCUT2D eigenvalue weighted by atomic mass is 16.5. The first-order valence-corrected chi connectivity index (χ1v) is 2.97. The van der Waals surface area contributed by atoms with Gasteiger partial charge in [0, 0.05) is 0 Å². The van der Waals surface area contributed by atoms with Gasteiger partial charge in [-0.05, 0) is 0 Å². The van der Waals surface area contributed by atoms with Gasteiger partial charge in [0.25, 0.3) is 0 Å². The Balaban J connectivity index is 2.27. The number of H-pyrrole nitrogens is 1. The highest BCUT2D eigenvalue weighted by Crippen LogP contribution is 2.25. The van der Waals surface area contributed by atoms with Crippen LogP contribution in [0.15, 0.2) is 6.33 Å². The molecule has 5 nitrogen and oxygen atoms in total. The van der Waals surface area contributed by atoms with Gasteiger partial charge in [-0.2, -0.15) is 5.10 Å². The van der Waals surface area contributed by atoms with E-state index in [9.17, 15) is 5.11 Å². The quantitative estimate of drug-likeness (QED) is 0.527. The lowest BCUT2D eigenvalue weighted by atomic mass is 10.0. The second kappa shape index (κ2) is 1.77. The summed E-state index contributed by atoms with van der Waals surface area (Å²) in [4.78, 5) is 3.81. The Hall–Kier alpha value is -0.940. The van der Waals surface area contributed by atoms with Crippen LogP contribution in [0.4, 0.5) is 0 Å². The van der Waals surface area contributed by atoms with E-state index in [1.165, 1.54) is 6.33 Å². The number of nitrogens with one attached hydrogen (secondary N) is 1. The Morgan fingerprint density at radius 1 is 1.70 bits per heavy atom. The van der Waals surface area contributed by atoms with Crippen LogP contribution < -0.4 is 0 Å². The van der Waals surface area contributed by atoms with Crippen molar-refractivity contribution in [3.63, 3.8) is 0 Å². The van der Waals surface area contributed by atoms with Gasteiger partial charge in [0.15, 0.2) is 11.4 Å². The summed E-state index contributed by atoms with van der Waals surface area (Å²) in [6.07, 6.45) is 1.37. The van der Waals surface area contributed by atoms with Crippen molar-refractivity contribution in [2.75, 3.05) is 13.2 Å². The Bertz CT molecular complexity index is 217. The van der Waals surface area contributed by atoms with Gasteiger partial charge in [0.1, 0.15) is 6.33 Å². The lowest BCUT2D eigenvalue weighted by molar-refractivity contribution is -0.189. The second-order valence-corrected chi connectivity index (χ2v) is 2.36. The van der Waals surface area contributed by atoms with Crippen LogP contribution in [0.3, 0.4) is 0 Å². The van der Waals surface area contributed by atoms with Gasteiger partial charge in [-0.15, -0.1) is 0 Å². The van der Waals surface area contributed by atoms with E-state index in [2.05, 4.69) is 15.2 Å². The lowest BCUT2D eigenvalue weighted by Gasteiger charge is -2.33. The average molecular weight is 141 g/mol. The molecular weight excluding hydrogens is 134 g/mol. The smallest absolute Gasteiger partial charge is 0.170 e. The maximum Gasteiger partial charge on any atom is 0.170 e. The average Bonchev–Trinajstić information content (AvgIpc) is 2.33. The first kappa shape index (κ1) is 5.82. The zero-order valence-corrected chi connectivity index (χ0v) is 5.24. The summed E-state index contributed by atoms with van der Waals surface area (Å²) in [5, 5.41) is 15.7.